The minimum Gasteiger partial charge on any atom is -0.480 e. The Morgan fingerprint density at radius 2 is 1.48 bits per heavy atom. The predicted octanol–water partition coefficient (Wildman–Crippen LogP) is 4.90. The highest BCUT2D eigenvalue weighted by Gasteiger charge is 2.41. The average Bonchev–Trinajstić information content (AvgIpc) is 3.20. The van der Waals surface area contributed by atoms with Gasteiger partial charge in [0.2, 0.25) is 11.8 Å². The molecule has 0 saturated carbocycles. The number of rotatable bonds is 12. The lowest BCUT2D eigenvalue weighted by molar-refractivity contribution is -0.152. The second-order valence-electron chi connectivity index (χ2n) is 12.0. The van der Waals surface area contributed by atoms with Crippen molar-refractivity contribution in [3.05, 3.63) is 107 Å². The van der Waals surface area contributed by atoms with Crippen LogP contribution < -0.4 is 5.32 Å². The largest absolute Gasteiger partial charge is 0.480 e. The molecule has 10 heteroatoms. The number of thiol groups is 1. The maximum Gasteiger partial charge on any atom is 0.327 e. The fourth-order valence-electron chi connectivity index (χ4n) is 6.54. The maximum absolute atomic E-state index is 14.1. The van der Waals surface area contributed by atoms with E-state index in [1.54, 1.807) is 31.2 Å². The Labute approximate surface area is 274 Å². The molecular formula is C36H39N3O6S. The highest BCUT2D eigenvalue weighted by Crippen LogP contribution is 2.33. The van der Waals surface area contributed by atoms with Gasteiger partial charge in [-0.3, -0.25) is 24.1 Å². The summed E-state index contributed by atoms with van der Waals surface area (Å²) in [5.74, 6) is -3.12. The van der Waals surface area contributed by atoms with Gasteiger partial charge in [0, 0.05) is 19.0 Å². The number of carboxylic acids is 1. The summed E-state index contributed by atoms with van der Waals surface area (Å²) in [6.45, 7) is 2.28. The lowest BCUT2D eigenvalue weighted by Crippen LogP contribution is -2.55. The smallest absolute Gasteiger partial charge is 0.327 e. The molecule has 3 aromatic carbocycles. The molecule has 1 saturated heterocycles. The molecule has 2 heterocycles. The van der Waals surface area contributed by atoms with E-state index in [9.17, 15) is 29.1 Å². The standard InChI is InChI=1S/C36H39N3O6S/c1-23(24-12-4-2-5-13-24)31(36(44)45)38-21-19-26(25-14-6-3-7-15-25)22-29(35(38)43)37-32(40)30(46)18-10-11-20-39-33(41)27-16-8-9-17-28(27)34(39)42/h2-9,12-17,23,26,29-31,46H,10-11,18-22H2,1H3,(H,37,40)(H,44,45). The van der Waals surface area contributed by atoms with Crippen LogP contribution in [0, 0.1) is 0 Å². The van der Waals surface area contributed by atoms with E-state index in [1.807, 2.05) is 60.7 Å². The third kappa shape index (κ3) is 7.17. The van der Waals surface area contributed by atoms with E-state index >= 15 is 0 Å². The van der Waals surface area contributed by atoms with E-state index in [4.69, 9.17) is 0 Å². The molecule has 2 aliphatic rings. The summed E-state index contributed by atoms with van der Waals surface area (Å²) in [7, 11) is 0. The Morgan fingerprint density at radius 1 is 0.891 bits per heavy atom. The molecule has 1 fully saturated rings. The highest BCUT2D eigenvalue weighted by molar-refractivity contribution is 7.81. The van der Waals surface area contributed by atoms with Crippen LogP contribution in [-0.2, 0) is 14.4 Å². The zero-order chi connectivity index (χ0) is 32.8. The van der Waals surface area contributed by atoms with Gasteiger partial charge in [0.25, 0.3) is 11.8 Å². The summed E-state index contributed by atoms with van der Waals surface area (Å²) in [5.41, 5.74) is 2.63. The van der Waals surface area contributed by atoms with Gasteiger partial charge >= 0.3 is 5.97 Å². The average molecular weight is 642 g/mol. The molecule has 5 unspecified atom stereocenters. The van der Waals surface area contributed by atoms with Crippen LogP contribution in [-0.4, -0.2) is 74.9 Å². The first-order chi connectivity index (χ1) is 22.2. The maximum atomic E-state index is 14.1. The van der Waals surface area contributed by atoms with E-state index in [0.717, 1.165) is 11.1 Å². The third-order valence-corrected chi connectivity index (χ3v) is 9.58. The van der Waals surface area contributed by atoms with Gasteiger partial charge in [0.05, 0.1) is 16.4 Å². The Bertz CT molecular complexity index is 1550. The summed E-state index contributed by atoms with van der Waals surface area (Å²) in [6.07, 6.45) is 2.28. The molecule has 2 aliphatic heterocycles. The number of hydrogen-bond acceptors (Lipinski definition) is 6. The van der Waals surface area contributed by atoms with Crippen LogP contribution in [0.25, 0.3) is 0 Å². The Hall–Kier alpha value is -4.44. The third-order valence-electron chi connectivity index (χ3n) is 9.09. The summed E-state index contributed by atoms with van der Waals surface area (Å²) in [4.78, 5) is 68.1. The van der Waals surface area contributed by atoms with Crippen molar-refractivity contribution in [1.29, 1.82) is 0 Å². The number of unbranched alkanes of at least 4 members (excludes halogenated alkanes) is 1. The summed E-state index contributed by atoms with van der Waals surface area (Å²) < 4.78 is 0. The number of carbonyl (C=O) groups excluding carboxylic acids is 4. The van der Waals surface area contributed by atoms with E-state index in [0.29, 0.717) is 43.2 Å². The van der Waals surface area contributed by atoms with Gasteiger partial charge in [-0.05, 0) is 54.9 Å². The molecule has 0 aromatic heterocycles. The van der Waals surface area contributed by atoms with Crippen molar-refractivity contribution < 1.29 is 29.1 Å². The van der Waals surface area contributed by atoms with Crippen LogP contribution >= 0.6 is 12.6 Å². The van der Waals surface area contributed by atoms with Gasteiger partial charge < -0.3 is 15.3 Å². The topological polar surface area (TPSA) is 124 Å². The van der Waals surface area contributed by atoms with E-state index < -0.39 is 41.0 Å². The fourth-order valence-corrected chi connectivity index (χ4v) is 6.80. The quantitative estimate of drug-likeness (QED) is 0.147. The Morgan fingerprint density at radius 3 is 2.09 bits per heavy atom. The van der Waals surface area contributed by atoms with E-state index in [-0.39, 0.29) is 30.8 Å². The minimum atomic E-state index is -1.11. The number of carbonyl (C=O) groups is 5. The Balaban J connectivity index is 1.25. The summed E-state index contributed by atoms with van der Waals surface area (Å²) in [6, 6.07) is 23.7. The number of likely N-dealkylation sites (tertiary alicyclic amines) is 1. The Kier molecular flexibility index (Phi) is 10.6. The van der Waals surface area contributed by atoms with Gasteiger partial charge in [-0.25, -0.2) is 4.79 Å². The second kappa shape index (κ2) is 14.8. The molecule has 46 heavy (non-hydrogen) atoms. The van der Waals surface area contributed by atoms with E-state index in [1.165, 1.54) is 9.80 Å². The molecule has 5 rings (SSSR count). The van der Waals surface area contributed by atoms with Crippen molar-refractivity contribution in [2.75, 3.05) is 13.1 Å². The number of carboxylic acid groups (broad SMARTS) is 1. The second-order valence-corrected chi connectivity index (χ2v) is 12.6. The lowest BCUT2D eigenvalue weighted by atomic mass is 9.90. The van der Waals surface area contributed by atoms with Crippen molar-refractivity contribution in [2.45, 2.75) is 68.2 Å². The van der Waals surface area contributed by atoms with Crippen LogP contribution in [0.4, 0.5) is 0 Å². The van der Waals surface area contributed by atoms with Gasteiger partial charge in [0.15, 0.2) is 0 Å². The predicted molar refractivity (Wildman–Crippen MR) is 177 cm³/mol. The number of imide groups is 1. The van der Waals surface area contributed by atoms with Crippen molar-refractivity contribution in [1.82, 2.24) is 15.1 Å². The summed E-state index contributed by atoms with van der Waals surface area (Å²) >= 11 is 4.53. The fraction of sp³-hybridized carbons (Fsp3) is 0.361. The van der Waals surface area contributed by atoms with Crippen LogP contribution in [0.5, 0.6) is 0 Å². The van der Waals surface area contributed by atoms with Crippen LogP contribution in [0.1, 0.15) is 82.7 Å². The van der Waals surface area contributed by atoms with Crippen LogP contribution in [0.3, 0.4) is 0 Å². The van der Waals surface area contributed by atoms with Gasteiger partial charge in [-0.2, -0.15) is 12.6 Å². The normalized spacial score (nSPS) is 20.1. The number of nitrogens with zero attached hydrogens (tertiary/aromatic N) is 2. The van der Waals surface area contributed by atoms with Crippen molar-refractivity contribution in [3.8, 4) is 0 Å². The molecule has 2 N–H and O–H groups in total. The molecule has 4 amide bonds. The number of nitrogens with one attached hydrogen (secondary N) is 1. The van der Waals surface area contributed by atoms with Crippen molar-refractivity contribution >= 4 is 42.2 Å². The monoisotopic (exact) mass is 641 g/mol. The number of hydrogen-bond donors (Lipinski definition) is 3. The molecule has 0 spiro atoms. The SMILES string of the molecule is CC(c1ccccc1)C(C(=O)O)N1CCC(c2ccccc2)CC(NC(=O)C(S)CCCCN2C(=O)c3ccccc3C2=O)C1=O. The zero-order valence-corrected chi connectivity index (χ0v) is 26.6. The lowest BCUT2D eigenvalue weighted by Gasteiger charge is -2.34. The summed E-state index contributed by atoms with van der Waals surface area (Å²) in [5, 5.41) is 12.5. The number of amides is 4. The van der Waals surface area contributed by atoms with Gasteiger partial charge in [-0.15, -0.1) is 0 Å². The van der Waals surface area contributed by atoms with Crippen molar-refractivity contribution in [3.63, 3.8) is 0 Å². The molecule has 240 valence electrons. The number of benzene rings is 3. The molecule has 5 atom stereocenters. The zero-order valence-electron chi connectivity index (χ0n) is 25.7. The van der Waals surface area contributed by atoms with Crippen LogP contribution in [0.2, 0.25) is 0 Å². The first kappa shape index (κ1) is 32.9. The van der Waals surface area contributed by atoms with Gasteiger partial charge in [-0.1, -0.05) is 86.1 Å². The molecule has 3 aromatic rings. The molecule has 0 aliphatic carbocycles. The number of fused-ring (bicyclic) bond motifs is 1. The van der Waals surface area contributed by atoms with E-state index in [2.05, 4.69) is 17.9 Å². The molecular weight excluding hydrogens is 602 g/mol. The highest BCUT2D eigenvalue weighted by atomic mass is 32.1. The molecule has 0 bridgehead atoms. The van der Waals surface area contributed by atoms with Gasteiger partial charge in [0.1, 0.15) is 12.1 Å². The first-order valence-electron chi connectivity index (χ1n) is 15.7. The minimum absolute atomic E-state index is 0.0695. The first-order valence-corrected chi connectivity index (χ1v) is 16.3. The molecule has 9 nitrogen and oxygen atoms in total. The van der Waals surface area contributed by atoms with Crippen LogP contribution in [0.15, 0.2) is 84.9 Å². The molecule has 0 radical (unpaired) electrons. The number of aliphatic carboxylic acids is 1. The van der Waals surface area contributed by atoms with Crippen molar-refractivity contribution in [2.24, 2.45) is 0 Å².